The van der Waals surface area contributed by atoms with Crippen LogP contribution in [0.3, 0.4) is 0 Å². The number of esters is 1. The number of para-hydroxylation sites is 1. The summed E-state index contributed by atoms with van der Waals surface area (Å²) < 4.78 is 6.73. The highest BCUT2D eigenvalue weighted by Crippen LogP contribution is 2.38. The molecule has 3 heterocycles. The molecule has 1 fully saturated rings. The predicted octanol–water partition coefficient (Wildman–Crippen LogP) is 3.61. The average molecular weight is 404 g/mol. The van der Waals surface area contributed by atoms with Crippen molar-refractivity contribution in [1.29, 1.82) is 0 Å². The number of fused-ring (bicyclic) bond motifs is 2. The molecule has 0 atom stereocenters. The Morgan fingerprint density at radius 2 is 2.07 bits per heavy atom. The standard InChI is InChI=1S/C22H24N6O2/c1-12-4-3-5-15-10-16(26-17(12)15)18-19-20(23)24-11-25-28(19)21(27-18)13-6-8-14(9-7-13)22(29)30-2/h3-5,10-11,13-14,26H,6-9H2,1-2H3,(H2,23,24,25). The topological polar surface area (TPSA) is 111 Å². The van der Waals surface area contributed by atoms with Crippen molar-refractivity contribution in [1.82, 2.24) is 24.6 Å². The summed E-state index contributed by atoms with van der Waals surface area (Å²) in [6, 6.07) is 8.30. The highest BCUT2D eigenvalue weighted by molar-refractivity contribution is 5.92. The number of imidazole rings is 1. The van der Waals surface area contributed by atoms with Crippen LogP contribution in [0, 0.1) is 12.8 Å². The maximum absolute atomic E-state index is 11.9. The summed E-state index contributed by atoms with van der Waals surface area (Å²) >= 11 is 0. The van der Waals surface area contributed by atoms with E-state index in [0.29, 0.717) is 11.3 Å². The molecule has 0 aliphatic heterocycles. The Morgan fingerprint density at radius 1 is 1.27 bits per heavy atom. The Hall–Kier alpha value is -3.42. The van der Waals surface area contributed by atoms with Crippen LogP contribution in [0.2, 0.25) is 0 Å². The lowest BCUT2D eigenvalue weighted by Gasteiger charge is -2.25. The summed E-state index contributed by atoms with van der Waals surface area (Å²) in [4.78, 5) is 24.6. The number of hydrogen-bond donors (Lipinski definition) is 2. The Morgan fingerprint density at radius 3 is 2.80 bits per heavy atom. The van der Waals surface area contributed by atoms with Gasteiger partial charge in [0.25, 0.3) is 0 Å². The number of methoxy groups -OCH3 is 1. The average Bonchev–Trinajstić information content (AvgIpc) is 3.37. The number of hydrogen-bond acceptors (Lipinski definition) is 6. The number of rotatable bonds is 3. The molecule has 8 heteroatoms. The molecule has 5 rings (SSSR count). The molecule has 0 amide bonds. The molecule has 0 bridgehead atoms. The van der Waals surface area contributed by atoms with Crippen LogP contribution < -0.4 is 5.73 Å². The van der Waals surface area contributed by atoms with Crippen LogP contribution in [0.5, 0.6) is 0 Å². The number of aromatic amines is 1. The van der Waals surface area contributed by atoms with Gasteiger partial charge < -0.3 is 15.5 Å². The SMILES string of the molecule is COC(=O)C1CCC(c2nc(-c3cc4cccc(C)c4[nH]3)c3c(N)ncnn23)CC1. The van der Waals surface area contributed by atoms with E-state index >= 15 is 0 Å². The fourth-order valence-electron chi connectivity index (χ4n) is 4.62. The molecule has 154 valence electrons. The maximum atomic E-state index is 11.9. The van der Waals surface area contributed by atoms with Gasteiger partial charge in [-0.05, 0) is 44.2 Å². The molecule has 3 N–H and O–H groups in total. The van der Waals surface area contributed by atoms with Gasteiger partial charge in [-0.2, -0.15) is 5.10 Å². The number of nitrogen functional groups attached to an aromatic ring is 1. The summed E-state index contributed by atoms with van der Waals surface area (Å²) in [5.74, 6) is 1.31. The van der Waals surface area contributed by atoms with Gasteiger partial charge in [-0.1, -0.05) is 18.2 Å². The van der Waals surface area contributed by atoms with Gasteiger partial charge >= 0.3 is 5.97 Å². The van der Waals surface area contributed by atoms with Crippen molar-refractivity contribution in [2.24, 2.45) is 5.92 Å². The molecule has 0 saturated heterocycles. The Bertz CT molecular complexity index is 1250. The van der Waals surface area contributed by atoms with Gasteiger partial charge in [0, 0.05) is 16.8 Å². The first kappa shape index (κ1) is 18.6. The lowest BCUT2D eigenvalue weighted by atomic mass is 9.81. The van der Waals surface area contributed by atoms with E-state index in [0.717, 1.165) is 53.8 Å². The summed E-state index contributed by atoms with van der Waals surface area (Å²) in [5.41, 5.74) is 10.9. The number of carbonyl (C=O) groups excluding carboxylic acids is 1. The molecule has 1 aromatic carbocycles. The molecule has 30 heavy (non-hydrogen) atoms. The Labute approximate surface area is 173 Å². The van der Waals surface area contributed by atoms with Crippen molar-refractivity contribution in [3.8, 4) is 11.4 Å². The number of aromatic nitrogens is 5. The third kappa shape index (κ3) is 2.91. The molecular weight excluding hydrogens is 380 g/mol. The first-order valence-corrected chi connectivity index (χ1v) is 10.2. The van der Waals surface area contributed by atoms with Gasteiger partial charge in [0.05, 0.1) is 18.7 Å². The van der Waals surface area contributed by atoms with Crippen LogP contribution in [-0.2, 0) is 9.53 Å². The molecule has 4 aromatic rings. The number of anilines is 1. The van der Waals surface area contributed by atoms with Crippen molar-refractivity contribution in [2.75, 3.05) is 12.8 Å². The number of H-pyrrole nitrogens is 1. The molecule has 1 saturated carbocycles. The molecule has 0 spiro atoms. The number of ether oxygens (including phenoxy) is 1. The molecule has 0 unspecified atom stereocenters. The van der Waals surface area contributed by atoms with Gasteiger partial charge in [0.15, 0.2) is 5.82 Å². The van der Waals surface area contributed by atoms with Gasteiger partial charge in [0.2, 0.25) is 0 Å². The second-order valence-electron chi connectivity index (χ2n) is 8.02. The van der Waals surface area contributed by atoms with Crippen LogP contribution in [0.25, 0.3) is 27.8 Å². The van der Waals surface area contributed by atoms with Gasteiger partial charge in [-0.15, -0.1) is 0 Å². The van der Waals surface area contributed by atoms with Gasteiger partial charge in [0.1, 0.15) is 23.4 Å². The monoisotopic (exact) mass is 404 g/mol. The van der Waals surface area contributed by atoms with E-state index < -0.39 is 0 Å². The first-order valence-electron chi connectivity index (χ1n) is 10.2. The number of nitrogens with one attached hydrogen (secondary N) is 1. The molecule has 1 aliphatic carbocycles. The fourth-order valence-corrected chi connectivity index (χ4v) is 4.62. The van der Waals surface area contributed by atoms with E-state index in [4.69, 9.17) is 15.5 Å². The minimum absolute atomic E-state index is 0.0340. The Balaban J connectivity index is 1.59. The smallest absolute Gasteiger partial charge is 0.308 e. The highest BCUT2D eigenvalue weighted by atomic mass is 16.5. The second-order valence-corrected chi connectivity index (χ2v) is 8.02. The van der Waals surface area contributed by atoms with Crippen molar-refractivity contribution in [2.45, 2.75) is 38.5 Å². The van der Waals surface area contributed by atoms with E-state index in [1.54, 1.807) is 0 Å². The molecule has 8 nitrogen and oxygen atoms in total. The van der Waals surface area contributed by atoms with E-state index in [2.05, 4.69) is 40.2 Å². The van der Waals surface area contributed by atoms with Crippen LogP contribution in [0.4, 0.5) is 5.82 Å². The third-order valence-corrected chi connectivity index (χ3v) is 6.23. The maximum Gasteiger partial charge on any atom is 0.308 e. The van der Waals surface area contributed by atoms with Crippen LogP contribution in [0.1, 0.15) is 43.0 Å². The van der Waals surface area contributed by atoms with E-state index in [1.807, 2.05) is 10.6 Å². The van der Waals surface area contributed by atoms with Gasteiger partial charge in [-0.3, -0.25) is 4.79 Å². The lowest BCUT2D eigenvalue weighted by molar-refractivity contribution is -0.146. The first-order chi connectivity index (χ1) is 14.6. The zero-order valence-corrected chi connectivity index (χ0v) is 17.1. The van der Waals surface area contributed by atoms with E-state index in [1.165, 1.54) is 19.0 Å². The quantitative estimate of drug-likeness (QED) is 0.505. The fraction of sp³-hybridized carbons (Fsp3) is 0.364. The lowest BCUT2D eigenvalue weighted by Crippen LogP contribution is -2.23. The van der Waals surface area contributed by atoms with E-state index in [-0.39, 0.29) is 17.8 Å². The Kier molecular flexibility index (Phi) is 4.42. The van der Waals surface area contributed by atoms with Crippen LogP contribution in [0.15, 0.2) is 30.6 Å². The summed E-state index contributed by atoms with van der Waals surface area (Å²) in [7, 11) is 1.45. The summed E-state index contributed by atoms with van der Waals surface area (Å²) in [6.45, 7) is 2.08. The molecule has 1 aliphatic rings. The third-order valence-electron chi connectivity index (χ3n) is 6.23. The molecular formula is C22H24N6O2. The summed E-state index contributed by atoms with van der Waals surface area (Å²) in [6.07, 6.45) is 4.75. The van der Waals surface area contributed by atoms with Crippen LogP contribution >= 0.6 is 0 Å². The largest absolute Gasteiger partial charge is 0.469 e. The van der Waals surface area contributed by atoms with Crippen molar-refractivity contribution in [3.05, 3.63) is 42.0 Å². The zero-order chi connectivity index (χ0) is 20.8. The van der Waals surface area contributed by atoms with Crippen molar-refractivity contribution < 1.29 is 9.53 Å². The van der Waals surface area contributed by atoms with Gasteiger partial charge in [-0.25, -0.2) is 14.5 Å². The van der Waals surface area contributed by atoms with E-state index in [9.17, 15) is 4.79 Å². The highest BCUT2D eigenvalue weighted by Gasteiger charge is 2.31. The minimum atomic E-state index is -0.123. The van der Waals surface area contributed by atoms with Crippen LogP contribution in [-0.4, -0.2) is 37.6 Å². The minimum Gasteiger partial charge on any atom is -0.469 e. The zero-order valence-electron chi connectivity index (χ0n) is 17.1. The normalized spacial score (nSPS) is 19.4. The van der Waals surface area contributed by atoms with Crippen molar-refractivity contribution >= 4 is 28.2 Å². The number of benzene rings is 1. The number of nitrogens with zero attached hydrogens (tertiary/aromatic N) is 4. The predicted molar refractivity (Wildman–Crippen MR) is 114 cm³/mol. The van der Waals surface area contributed by atoms with Crippen molar-refractivity contribution in [3.63, 3.8) is 0 Å². The number of nitrogens with two attached hydrogens (primary N) is 1. The summed E-state index contributed by atoms with van der Waals surface area (Å²) in [5, 5.41) is 5.59. The molecule has 0 radical (unpaired) electrons. The second kappa shape index (κ2) is 7.12. The number of carbonyl (C=O) groups is 1. The molecule has 3 aromatic heterocycles. The number of aryl methyl sites for hydroxylation is 1.